The van der Waals surface area contributed by atoms with Crippen LogP contribution in [-0.4, -0.2) is 23.2 Å². The standard InChI is InChI=1S/C18H19N3O3.ClH/c1-10-5-15(23)21-9-24-18-16-13(7-12(10)17(18)21)11(8-19(2)3)6-14(22)20(16)4;/h5-7H,8-9H2,1-4H3;1H. The molecule has 6 nitrogen and oxygen atoms in total. The molecular formula is C18H20ClN3O3. The van der Waals surface area contributed by atoms with Gasteiger partial charge in [0.1, 0.15) is 6.54 Å². The molecule has 0 saturated carbocycles. The van der Waals surface area contributed by atoms with Crippen molar-refractivity contribution >= 4 is 21.8 Å². The summed E-state index contributed by atoms with van der Waals surface area (Å²) in [5.41, 5.74) is 3.35. The van der Waals surface area contributed by atoms with Crippen molar-refractivity contribution < 1.29 is 22.0 Å². The summed E-state index contributed by atoms with van der Waals surface area (Å²) in [6, 6.07) is 5.44. The largest absolute Gasteiger partial charge is 1.00 e. The molecule has 0 saturated heterocycles. The summed E-state index contributed by atoms with van der Waals surface area (Å²) in [5.74, 6) is 0.638. The van der Waals surface area contributed by atoms with E-state index in [0.717, 1.165) is 39.5 Å². The summed E-state index contributed by atoms with van der Waals surface area (Å²) in [6.45, 7) is 2.88. The number of nitrogens with zero attached hydrogens (tertiary/aromatic N) is 2. The number of rotatable bonds is 2. The second-order valence-electron chi connectivity index (χ2n) is 6.82. The molecule has 0 spiro atoms. The van der Waals surface area contributed by atoms with E-state index in [9.17, 15) is 9.59 Å². The van der Waals surface area contributed by atoms with E-state index in [1.165, 1.54) is 4.90 Å². The lowest BCUT2D eigenvalue weighted by Gasteiger charge is -2.15. The van der Waals surface area contributed by atoms with Gasteiger partial charge in [-0.15, -0.1) is 0 Å². The molecule has 0 amide bonds. The molecule has 132 valence electrons. The average Bonchev–Trinajstić information content (AvgIpc) is 2.94. The Morgan fingerprint density at radius 2 is 1.80 bits per heavy atom. The van der Waals surface area contributed by atoms with Gasteiger partial charge in [0, 0.05) is 35.5 Å². The number of benzene rings is 1. The molecule has 3 heterocycles. The van der Waals surface area contributed by atoms with Crippen LogP contribution >= 0.6 is 0 Å². The first-order valence-electron chi connectivity index (χ1n) is 8.00. The Balaban J connectivity index is 0.00000182. The Labute approximate surface area is 150 Å². The van der Waals surface area contributed by atoms with E-state index in [0.29, 0.717) is 5.75 Å². The van der Waals surface area contributed by atoms with Gasteiger partial charge in [-0.25, -0.2) is 0 Å². The van der Waals surface area contributed by atoms with Crippen LogP contribution in [0.1, 0.15) is 11.1 Å². The monoisotopic (exact) mass is 361 g/mol. The van der Waals surface area contributed by atoms with E-state index in [1.54, 1.807) is 28.3 Å². The van der Waals surface area contributed by atoms with Gasteiger partial charge in [0.25, 0.3) is 11.1 Å². The molecule has 1 aliphatic rings. The second-order valence-corrected chi connectivity index (χ2v) is 6.82. The van der Waals surface area contributed by atoms with Gasteiger partial charge in [0.05, 0.1) is 25.1 Å². The van der Waals surface area contributed by atoms with Crippen molar-refractivity contribution in [2.45, 2.75) is 20.2 Å². The van der Waals surface area contributed by atoms with Gasteiger partial charge < -0.3 is 26.6 Å². The molecule has 0 atom stereocenters. The van der Waals surface area contributed by atoms with Crippen LogP contribution in [-0.2, 0) is 20.3 Å². The van der Waals surface area contributed by atoms with Crippen molar-refractivity contribution in [2.24, 2.45) is 7.05 Å². The van der Waals surface area contributed by atoms with Gasteiger partial charge in [-0.1, -0.05) is 0 Å². The SMILES string of the molecule is Cc1cc(=O)n2c3c(c4c(cc13)c(C[NH+](C)C)cc(=O)n4C)OC2.[Cl-]. The van der Waals surface area contributed by atoms with E-state index in [4.69, 9.17) is 4.74 Å². The number of nitrogens with one attached hydrogen (secondary N) is 1. The first kappa shape index (κ1) is 17.5. The lowest BCUT2D eigenvalue weighted by Crippen LogP contribution is -3.04. The highest BCUT2D eigenvalue weighted by atomic mass is 35.5. The summed E-state index contributed by atoms with van der Waals surface area (Å²) < 4.78 is 9.10. The fourth-order valence-corrected chi connectivity index (χ4v) is 3.59. The van der Waals surface area contributed by atoms with Gasteiger partial charge in [-0.2, -0.15) is 0 Å². The number of aryl methyl sites for hydroxylation is 2. The minimum Gasteiger partial charge on any atom is -1.00 e. The normalized spacial score (nSPS) is 12.7. The van der Waals surface area contributed by atoms with Gasteiger partial charge in [0.15, 0.2) is 12.5 Å². The Kier molecular flexibility index (Phi) is 4.13. The van der Waals surface area contributed by atoms with Crippen molar-refractivity contribution in [2.75, 3.05) is 14.1 Å². The van der Waals surface area contributed by atoms with Crippen molar-refractivity contribution in [1.82, 2.24) is 9.13 Å². The molecule has 0 bridgehead atoms. The minimum atomic E-state index is -0.0722. The number of halogens is 1. The van der Waals surface area contributed by atoms with E-state index in [2.05, 4.69) is 20.2 Å². The van der Waals surface area contributed by atoms with Crippen LogP contribution in [0.3, 0.4) is 0 Å². The second kappa shape index (κ2) is 5.89. The Hall–Kier alpha value is -2.31. The van der Waals surface area contributed by atoms with Crippen LogP contribution in [0.25, 0.3) is 21.8 Å². The molecule has 0 fully saturated rings. The van der Waals surface area contributed by atoms with Crippen LogP contribution in [0.15, 0.2) is 27.8 Å². The van der Waals surface area contributed by atoms with E-state index in [-0.39, 0.29) is 30.3 Å². The van der Waals surface area contributed by atoms with Gasteiger partial charge in [0.2, 0.25) is 0 Å². The van der Waals surface area contributed by atoms with E-state index in [1.807, 2.05) is 6.92 Å². The molecule has 1 aliphatic heterocycles. The van der Waals surface area contributed by atoms with Crippen molar-refractivity contribution in [1.29, 1.82) is 0 Å². The third-order valence-electron chi connectivity index (χ3n) is 4.72. The van der Waals surface area contributed by atoms with Gasteiger partial charge >= 0.3 is 0 Å². The molecular weight excluding hydrogens is 342 g/mol. The number of ether oxygens (including phenoxy) is 1. The minimum absolute atomic E-state index is 0. The molecule has 3 aromatic rings. The first-order valence-corrected chi connectivity index (χ1v) is 8.00. The average molecular weight is 362 g/mol. The van der Waals surface area contributed by atoms with E-state index < -0.39 is 0 Å². The summed E-state index contributed by atoms with van der Waals surface area (Å²) in [7, 11) is 5.87. The number of quaternary nitrogens is 1. The molecule has 0 unspecified atom stereocenters. The van der Waals surface area contributed by atoms with Gasteiger partial charge in [-0.05, 0) is 18.6 Å². The zero-order valence-corrected chi connectivity index (χ0v) is 15.4. The molecule has 0 radical (unpaired) electrons. The zero-order chi connectivity index (χ0) is 17.2. The number of hydrogen-bond donors (Lipinski definition) is 1. The third-order valence-corrected chi connectivity index (χ3v) is 4.72. The Morgan fingerprint density at radius 1 is 1.08 bits per heavy atom. The van der Waals surface area contributed by atoms with Crippen molar-refractivity contribution in [3.05, 3.63) is 50.0 Å². The highest BCUT2D eigenvalue weighted by molar-refractivity contribution is 6.05. The predicted octanol–water partition coefficient (Wildman–Crippen LogP) is -2.84. The first-order chi connectivity index (χ1) is 11.4. The Bertz CT molecular complexity index is 1130. The molecule has 0 aliphatic carbocycles. The smallest absolute Gasteiger partial charge is 0.254 e. The summed E-state index contributed by atoms with van der Waals surface area (Å²) >= 11 is 0. The highest BCUT2D eigenvalue weighted by Crippen LogP contribution is 2.38. The van der Waals surface area contributed by atoms with Crippen LogP contribution in [0.5, 0.6) is 5.75 Å². The fourth-order valence-electron chi connectivity index (χ4n) is 3.59. The number of fused-ring (bicyclic) bond motifs is 2. The molecule has 1 N–H and O–H groups in total. The number of pyridine rings is 2. The topological polar surface area (TPSA) is 57.7 Å². The fraction of sp³-hybridized carbons (Fsp3) is 0.333. The maximum absolute atomic E-state index is 12.4. The highest BCUT2D eigenvalue weighted by Gasteiger charge is 2.24. The predicted molar refractivity (Wildman–Crippen MR) is 92.8 cm³/mol. The van der Waals surface area contributed by atoms with Crippen LogP contribution in [0, 0.1) is 6.92 Å². The molecule has 1 aromatic carbocycles. The Morgan fingerprint density at radius 3 is 2.48 bits per heavy atom. The molecule has 2 aromatic heterocycles. The van der Waals surface area contributed by atoms with Crippen LogP contribution in [0.4, 0.5) is 0 Å². The zero-order valence-electron chi connectivity index (χ0n) is 14.6. The van der Waals surface area contributed by atoms with Crippen molar-refractivity contribution in [3.8, 4) is 5.75 Å². The van der Waals surface area contributed by atoms with Crippen LogP contribution < -0.4 is 33.2 Å². The maximum atomic E-state index is 12.4. The third kappa shape index (κ3) is 2.44. The quantitative estimate of drug-likeness (QED) is 0.500. The number of aromatic nitrogens is 2. The molecule has 25 heavy (non-hydrogen) atoms. The van der Waals surface area contributed by atoms with Crippen LogP contribution in [0.2, 0.25) is 0 Å². The van der Waals surface area contributed by atoms with Gasteiger partial charge in [-0.3, -0.25) is 14.2 Å². The van der Waals surface area contributed by atoms with E-state index >= 15 is 0 Å². The molecule has 7 heteroatoms. The summed E-state index contributed by atoms with van der Waals surface area (Å²) in [5, 5.41) is 2.01. The maximum Gasteiger partial charge on any atom is 0.254 e. The lowest BCUT2D eigenvalue weighted by molar-refractivity contribution is -0.872. The lowest BCUT2D eigenvalue weighted by atomic mass is 10.0. The van der Waals surface area contributed by atoms with Crippen molar-refractivity contribution in [3.63, 3.8) is 0 Å². The summed E-state index contributed by atoms with van der Waals surface area (Å²) in [4.78, 5) is 25.9. The number of hydrogen-bond acceptors (Lipinski definition) is 3. The molecule has 4 rings (SSSR count). The summed E-state index contributed by atoms with van der Waals surface area (Å²) in [6.07, 6.45) is 0.